The Balaban J connectivity index is 1.82. The Morgan fingerprint density at radius 3 is 2.44 bits per heavy atom. The second kappa shape index (κ2) is 6.95. The maximum Gasteiger partial charge on any atom is 0.164 e. The first-order valence-corrected chi connectivity index (χ1v) is 7.91. The summed E-state index contributed by atoms with van der Waals surface area (Å²) < 4.78 is 0. The molecule has 1 aliphatic heterocycles. The number of piperidine rings is 1. The molecule has 18 heavy (non-hydrogen) atoms. The van der Waals surface area contributed by atoms with E-state index in [0.29, 0.717) is 6.42 Å². The highest BCUT2D eigenvalue weighted by Gasteiger charge is 2.12. The van der Waals surface area contributed by atoms with E-state index in [2.05, 4.69) is 4.90 Å². The quantitative estimate of drug-likeness (QED) is 0.599. The van der Waals surface area contributed by atoms with Crippen molar-refractivity contribution < 1.29 is 4.79 Å². The lowest BCUT2D eigenvalue weighted by molar-refractivity contribution is 0.0958. The Hall–Kier alpha value is -0.800. The Labute approximate surface area is 114 Å². The molecule has 98 valence electrons. The van der Waals surface area contributed by atoms with Crippen LogP contribution in [-0.2, 0) is 0 Å². The first-order valence-electron chi connectivity index (χ1n) is 6.69. The van der Waals surface area contributed by atoms with Crippen LogP contribution in [0.15, 0.2) is 29.2 Å². The topological polar surface area (TPSA) is 20.3 Å². The zero-order valence-electron chi connectivity index (χ0n) is 11.0. The van der Waals surface area contributed by atoms with Crippen molar-refractivity contribution in [2.75, 3.05) is 25.9 Å². The lowest BCUT2D eigenvalue weighted by Gasteiger charge is -2.25. The highest BCUT2D eigenvalue weighted by Crippen LogP contribution is 2.16. The van der Waals surface area contributed by atoms with Gasteiger partial charge in [-0.3, -0.25) is 4.79 Å². The van der Waals surface area contributed by atoms with Crippen molar-refractivity contribution in [2.24, 2.45) is 0 Å². The maximum absolute atomic E-state index is 12.1. The summed E-state index contributed by atoms with van der Waals surface area (Å²) in [5, 5.41) is 0. The third-order valence-electron chi connectivity index (χ3n) is 3.52. The molecular weight excluding hydrogens is 242 g/mol. The molecule has 0 bridgehead atoms. The van der Waals surface area contributed by atoms with E-state index in [1.807, 2.05) is 30.5 Å². The zero-order chi connectivity index (χ0) is 12.8. The number of ketones is 1. The van der Waals surface area contributed by atoms with Crippen molar-refractivity contribution >= 4 is 17.5 Å². The molecule has 0 spiro atoms. The summed E-state index contributed by atoms with van der Waals surface area (Å²) in [6.07, 6.45) is 6.62. The molecule has 1 aromatic rings. The van der Waals surface area contributed by atoms with Crippen LogP contribution < -0.4 is 0 Å². The fourth-order valence-corrected chi connectivity index (χ4v) is 2.77. The lowest BCUT2D eigenvalue weighted by Crippen LogP contribution is -2.31. The van der Waals surface area contributed by atoms with Crippen LogP contribution in [0.2, 0.25) is 0 Å². The minimum Gasteiger partial charge on any atom is -0.303 e. The van der Waals surface area contributed by atoms with Crippen molar-refractivity contribution in [3.8, 4) is 0 Å². The molecule has 1 heterocycles. The van der Waals surface area contributed by atoms with E-state index in [1.54, 1.807) is 11.8 Å². The van der Waals surface area contributed by atoms with Gasteiger partial charge in [0.25, 0.3) is 0 Å². The zero-order valence-corrected chi connectivity index (χ0v) is 11.8. The van der Waals surface area contributed by atoms with Crippen LogP contribution in [0.25, 0.3) is 0 Å². The van der Waals surface area contributed by atoms with E-state index >= 15 is 0 Å². The Morgan fingerprint density at radius 1 is 1.17 bits per heavy atom. The average molecular weight is 263 g/mol. The molecule has 1 fully saturated rings. The van der Waals surface area contributed by atoms with Crippen LogP contribution >= 0.6 is 11.8 Å². The molecule has 0 radical (unpaired) electrons. The van der Waals surface area contributed by atoms with Crippen molar-refractivity contribution in [1.82, 2.24) is 4.90 Å². The van der Waals surface area contributed by atoms with Crippen LogP contribution in [0.3, 0.4) is 0 Å². The highest BCUT2D eigenvalue weighted by atomic mass is 32.2. The second-order valence-corrected chi connectivity index (χ2v) is 5.68. The molecule has 2 rings (SSSR count). The average Bonchev–Trinajstić information content (AvgIpc) is 2.46. The van der Waals surface area contributed by atoms with Crippen LogP contribution in [0.5, 0.6) is 0 Å². The minimum absolute atomic E-state index is 0.272. The number of hydrogen-bond donors (Lipinski definition) is 0. The number of carbonyl (C=O) groups excluding carboxylic acids is 1. The Morgan fingerprint density at radius 2 is 1.83 bits per heavy atom. The monoisotopic (exact) mass is 263 g/mol. The van der Waals surface area contributed by atoms with Gasteiger partial charge in [0.15, 0.2) is 5.78 Å². The van der Waals surface area contributed by atoms with Gasteiger partial charge in [-0.2, -0.15) is 0 Å². The van der Waals surface area contributed by atoms with Crippen LogP contribution in [-0.4, -0.2) is 36.6 Å². The molecular formula is C15H21NOS. The summed E-state index contributed by atoms with van der Waals surface area (Å²) in [4.78, 5) is 15.7. The van der Waals surface area contributed by atoms with Gasteiger partial charge in [-0.15, -0.1) is 11.8 Å². The first-order chi connectivity index (χ1) is 8.79. The summed E-state index contributed by atoms with van der Waals surface area (Å²) in [6, 6.07) is 7.95. The van der Waals surface area contributed by atoms with Crippen molar-refractivity contribution in [3.63, 3.8) is 0 Å². The molecule has 0 amide bonds. The van der Waals surface area contributed by atoms with Crippen LogP contribution in [0.4, 0.5) is 0 Å². The van der Waals surface area contributed by atoms with Gasteiger partial charge >= 0.3 is 0 Å². The first kappa shape index (κ1) is 13.6. The number of thioether (sulfide) groups is 1. The van der Waals surface area contributed by atoms with Gasteiger partial charge in [0, 0.05) is 23.4 Å². The van der Waals surface area contributed by atoms with Crippen molar-refractivity contribution in [2.45, 2.75) is 30.6 Å². The van der Waals surface area contributed by atoms with E-state index in [0.717, 1.165) is 12.1 Å². The summed E-state index contributed by atoms with van der Waals surface area (Å²) in [6.45, 7) is 3.25. The van der Waals surface area contributed by atoms with E-state index in [1.165, 1.54) is 37.2 Å². The molecule has 0 aromatic heterocycles. The predicted molar refractivity (Wildman–Crippen MR) is 77.5 cm³/mol. The number of rotatable bonds is 5. The summed E-state index contributed by atoms with van der Waals surface area (Å²) >= 11 is 1.71. The van der Waals surface area contributed by atoms with Gasteiger partial charge < -0.3 is 4.90 Å². The van der Waals surface area contributed by atoms with Gasteiger partial charge in [0.2, 0.25) is 0 Å². The Bertz CT molecular complexity index is 382. The molecule has 1 aliphatic rings. The van der Waals surface area contributed by atoms with Crippen LogP contribution in [0.1, 0.15) is 36.0 Å². The maximum atomic E-state index is 12.1. The van der Waals surface area contributed by atoms with E-state index in [9.17, 15) is 4.79 Å². The molecule has 0 N–H and O–H groups in total. The van der Waals surface area contributed by atoms with Crippen molar-refractivity contribution in [3.05, 3.63) is 29.8 Å². The molecule has 1 aromatic carbocycles. The highest BCUT2D eigenvalue weighted by molar-refractivity contribution is 7.98. The smallest absolute Gasteiger partial charge is 0.164 e. The van der Waals surface area contributed by atoms with Crippen LogP contribution in [0, 0.1) is 0 Å². The molecule has 0 atom stereocenters. The molecule has 0 saturated carbocycles. The molecule has 0 unspecified atom stereocenters. The third-order valence-corrected chi connectivity index (χ3v) is 4.26. The Kier molecular flexibility index (Phi) is 5.26. The van der Waals surface area contributed by atoms with Gasteiger partial charge in [0.05, 0.1) is 0 Å². The summed E-state index contributed by atoms with van der Waals surface area (Å²) in [7, 11) is 0. The van der Waals surface area contributed by atoms with Crippen molar-refractivity contribution in [1.29, 1.82) is 0 Å². The van der Waals surface area contributed by atoms with Gasteiger partial charge in [-0.05, 0) is 44.3 Å². The molecule has 1 saturated heterocycles. The molecule has 3 heteroatoms. The number of carbonyl (C=O) groups is 1. The minimum atomic E-state index is 0.272. The largest absolute Gasteiger partial charge is 0.303 e. The number of benzene rings is 1. The second-order valence-electron chi connectivity index (χ2n) is 4.80. The number of likely N-dealkylation sites (tertiary alicyclic amines) is 1. The third kappa shape index (κ3) is 3.85. The van der Waals surface area contributed by atoms with Gasteiger partial charge in [-0.25, -0.2) is 0 Å². The number of hydrogen-bond acceptors (Lipinski definition) is 3. The van der Waals surface area contributed by atoms with E-state index in [-0.39, 0.29) is 5.78 Å². The molecule has 0 aliphatic carbocycles. The van der Waals surface area contributed by atoms with E-state index in [4.69, 9.17) is 0 Å². The number of nitrogens with zero attached hydrogens (tertiary/aromatic N) is 1. The van der Waals surface area contributed by atoms with E-state index < -0.39 is 0 Å². The normalized spacial score (nSPS) is 16.7. The number of Topliss-reactive ketones (excluding diaryl/α,β-unsaturated/α-hetero) is 1. The fourth-order valence-electron chi connectivity index (χ4n) is 2.36. The standard InChI is InChI=1S/C15H21NOS/c1-18-14-7-5-13(6-8-14)15(17)9-12-16-10-3-2-4-11-16/h5-8H,2-4,9-12H2,1H3. The predicted octanol–water partition coefficient (Wildman–Crippen LogP) is 3.47. The SMILES string of the molecule is CSc1ccc(C(=O)CCN2CCCCC2)cc1. The van der Waals surface area contributed by atoms with Gasteiger partial charge in [0.1, 0.15) is 0 Å². The summed E-state index contributed by atoms with van der Waals surface area (Å²) in [5.74, 6) is 0.272. The fraction of sp³-hybridized carbons (Fsp3) is 0.533. The summed E-state index contributed by atoms with van der Waals surface area (Å²) in [5.41, 5.74) is 0.852. The van der Waals surface area contributed by atoms with Gasteiger partial charge in [-0.1, -0.05) is 18.6 Å². The molecule has 2 nitrogen and oxygen atoms in total. The lowest BCUT2D eigenvalue weighted by atomic mass is 10.1.